The zero-order valence-corrected chi connectivity index (χ0v) is 10.3. The van der Waals surface area contributed by atoms with E-state index in [1.54, 1.807) is 0 Å². The molecule has 0 aliphatic carbocycles. The lowest BCUT2D eigenvalue weighted by molar-refractivity contribution is 0.196. The molecular formula is C12H20N4O. The highest BCUT2D eigenvalue weighted by molar-refractivity contribution is 5.75. The van der Waals surface area contributed by atoms with Crippen LogP contribution < -0.4 is 16.8 Å². The molecule has 5 nitrogen and oxygen atoms in total. The number of aliphatic hydroxyl groups excluding tert-OH is 1. The number of nitrogens with two attached hydrogens (primary N) is 2. The third-order valence-corrected chi connectivity index (χ3v) is 2.41. The number of aryl methyl sites for hydroxylation is 2. The Morgan fingerprint density at radius 2 is 2.12 bits per heavy atom. The second kappa shape index (κ2) is 6.10. The number of nitrogens with one attached hydrogen (secondary N) is 1. The number of nitrogens with zero attached hydrogens (tertiary/aromatic N) is 1. The molecule has 0 bridgehead atoms. The summed E-state index contributed by atoms with van der Waals surface area (Å²) in [6.07, 6.45) is -0.600. The average Bonchev–Trinajstić information content (AvgIpc) is 2.27. The van der Waals surface area contributed by atoms with Crippen molar-refractivity contribution in [1.29, 1.82) is 0 Å². The fourth-order valence-electron chi connectivity index (χ4n) is 1.43. The summed E-state index contributed by atoms with van der Waals surface area (Å²) in [5.41, 5.74) is 13.7. The van der Waals surface area contributed by atoms with Gasteiger partial charge in [0, 0.05) is 12.2 Å². The monoisotopic (exact) mass is 236 g/mol. The van der Waals surface area contributed by atoms with Crippen LogP contribution in [0.5, 0.6) is 0 Å². The number of benzene rings is 1. The number of hydrogen-bond acceptors (Lipinski definition) is 3. The summed E-state index contributed by atoms with van der Waals surface area (Å²) in [4.78, 5) is 3.76. The molecule has 0 amide bonds. The highest BCUT2D eigenvalue weighted by atomic mass is 16.3. The van der Waals surface area contributed by atoms with Crippen molar-refractivity contribution in [2.75, 3.05) is 18.4 Å². The van der Waals surface area contributed by atoms with E-state index in [-0.39, 0.29) is 12.5 Å². The predicted molar refractivity (Wildman–Crippen MR) is 71.1 cm³/mol. The van der Waals surface area contributed by atoms with Crippen LogP contribution in [0, 0.1) is 13.8 Å². The van der Waals surface area contributed by atoms with Gasteiger partial charge in [0.2, 0.25) is 0 Å². The van der Waals surface area contributed by atoms with Crippen LogP contribution >= 0.6 is 0 Å². The number of hydrogen-bond donors (Lipinski definition) is 4. The minimum absolute atomic E-state index is 0.00390. The van der Waals surface area contributed by atoms with Crippen LogP contribution in [0.2, 0.25) is 0 Å². The first-order valence-corrected chi connectivity index (χ1v) is 5.53. The largest absolute Gasteiger partial charge is 0.389 e. The fourth-order valence-corrected chi connectivity index (χ4v) is 1.43. The van der Waals surface area contributed by atoms with E-state index in [1.165, 1.54) is 5.56 Å². The van der Waals surface area contributed by atoms with Crippen molar-refractivity contribution in [1.82, 2.24) is 0 Å². The van der Waals surface area contributed by atoms with E-state index in [0.29, 0.717) is 6.54 Å². The molecule has 17 heavy (non-hydrogen) atoms. The van der Waals surface area contributed by atoms with Gasteiger partial charge in [0.05, 0.1) is 12.6 Å². The van der Waals surface area contributed by atoms with Crippen molar-refractivity contribution in [2.45, 2.75) is 20.0 Å². The van der Waals surface area contributed by atoms with Gasteiger partial charge in [0.1, 0.15) is 0 Å². The molecule has 0 saturated heterocycles. The maximum absolute atomic E-state index is 9.64. The zero-order chi connectivity index (χ0) is 12.8. The molecule has 1 rings (SSSR count). The minimum atomic E-state index is -0.600. The van der Waals surface area contributed by atoms with E-state index in [2.05, 4.69) is 16.4 Å². The molecule has 1 aromatic carbocycles. The molecule has 0 aliphatic heterocycles. The molecule has 0 unspecified atom stereocenters. The van der Waals surface area contributed by atoms with E-state index >= 15 is 0 Å². The van der Waals surface area contributed by atoms with Crippen LogP contribution in [0.15, 0.2) is 23.2 Å². The van der Waals surface area contributed by atoms with Gasteiger partial charge in [-0.3, -0.25) is 4.99 Å². The van der Waals surface area contributed by atoms with Gasteiger partial charge in [-0.2, -0.15) is 0 Å². The van der Waals surface area contributed by atoms with Gasteiger partial charge in [-0.1, -0.05) is 12.1 Å². The summed E-state index contributed by atoms with van der Waals surface area (Å²) in [6, 6.07) is 6.14. The maximum Gasteiger partial charge on any atom is 0.185 e. The quantitative estimate of drug-likeness (QED) is 0.438. The fraction of sp³-hybridized carbons (Fsp3) is 0.417. The molecule has 0 radical (unpaired) electrons. The van der Waals surface area contributed by atoms with Crippen molar-refractivity contribution >= 4 is 11.6 Å². The molecule has 5 heteroatoms. The number of aliphatic imine (C=N–C) groups is 1. The lowest BCUT2D eigenvalue weighted by Gasteiger charge is -2.13. The summed E-state index contributed by atoms with van der Waals surface area (Å²) < 4.78 is 0. The van der Waals surface area contributed by atoms with Crippen LogP contribution in [0.4, 0.5) is 5.69 Å². The van der Waals surface area contributed by atoms with Gasteiger partial charge in [-0.05, 0) is 31.0 Å². The van der Waals surface area contributed by atoms with Gasteiger partial charge in [-0.15, -0.1) is 0 Å². The van der Waals surface area contributed by atoms with Crippen LogP contribution in [-0.2, 0) is 0 Å². The summed E-state index contributed by atoms with van der Waals surface area (Å²) in [5, 5.41) is 12.8. The number of guanidine groups is 1. The Balaban J connectivity index is 2.49. The van der Waals surface area contributed by atoms with Crippen molar-refractivity contribution in [2.24, 2.45) is 16.5 Å². The van der Waals surface area contributed by atoms with Crippen LogP contribution in [0.3, 0.4) is 0 Å². The molecule has 6 N–H and O–H groups in total. The SMILES string of the molecule is Cc1ccc(C)c(NC[C@@H](O)CN=C(N)N)c1. The van der Waals surface area contributed by atoms with Crippen molar-refractivity contribution in [3.8, 4) is 0 Å². The lowest BCUT2D eigenvalue weighted by atomic mass is 10.1. The first-order chi connectivity index (χ1) is 7.99. The van der Waals surface area contributed by atoms with Crippen LogP contribution in [0.25, 0.3) is 0 Å². The third kappa shape index (κ3) is 4.74. The first kappa shape index (κ1) is 13.3. The Bertz CT molecular complexity index is 399. The maximum atomic E-state index is 9.64. The van der Waals surface area contributed by atoms with Crippen molar-refractivity contribution in [3.63, 3.8) is 0 Å². The standard InChI is InChI=1S/C12H20N4O/c1-8-3-4-9(2)11(5-8)15-6-10(17)7-16-12(13)14/h3-5,10,15,17H,6-7H2,1-2H3,(H4,13,14,16)/t10-/m1/s1. The molecule has 0 saturated carbocycles. The van der Waals surface area contributed by atoms with Gasteiger partial charge in [0.15, 0.2) is 5.96 Å². The van der Waals surface area contributed by atoms with E-state index in [9.17, 15) is 5.11 Å². The molecule has 0 fully saturated rings. The van der Waals surface area contributed by atoms with Crippen LogP contribution in [0.1, 0.15) is 11.1 Å². The highest BCUT2D eigenvalue weighted by Gasteiger charge is 2.04. The number of rotatable bonds is 5. The van der Waals surface area contributed by atoms with Gasteiger partial charge < -0.3 is 21.9 Å². The van der Waals surface area contributed by atoms with Gasteiger partial charge in [-0.25, -0.2) is 0 Å². The summed E-state index contributed by atoms with van der Waals surface area (Å²) in [6.45, 7) is 4.67. The van der Waals surface area contributed by atoms with Crippen molar-refractivity contribution in [3.05, 3.63) is 29.3 Å². The Hall–Kier alpha value is -1.75. The molecule has 0 heterocycles. The Kier molecular flexibility index (Phi) is 4.78. The molecule has 1 aromatic rings. The predicted octanol–water partition coefficient (Wildman–Crippen LogP) is 0.350. The topological polar surface area (TPSA) is 96.7 Å². The smallest absolute Gasteiger partial charge is 0.185 e. The molecule has 1 atom stereocenters. The normalized spacial score (nSPS) is 11.9. The average molecular weight is 236 g/mol. The Morgan fingerprint density at radius 3 is 2.76 bits per heavy atom. The van der Waals surface area contributed by atoms with E-state index < -0.39 is 6.10 Å². The lowest BCUT2D eigenvalue weighted by Crippen LogP contribution is -2.28. The van der Waals surface area contributed by atoms with Crippen molar-refractivity contribution < 1.29 is 5.11 Å². The third-order valence-electron chi connectivity index (χ3n) is 2.41. The zero-order valence-electron chi connectivity index (χ0n) is 10.3. The summed E-state index contributed by atoms with van der Waals surface area (Å²) in [7, 11) is 0. The minimum Gasteiger partial charge on any atom is -0.389 e. The van der Waals surface area contributed by atoms with Crippen LogP contribution in [-0.4, -0.2) is 30.3 Å². The molecular weight excluding hydrogens is 216 g/mol. The Morgan fingerprint density at radius 1 is 1.41 bits per heavy atom. The number of anilines is 1. The van der Waals surface area contributed by atoms with E-state index in [1.807, 2.05) is 26.0 Å². The van der Waals surface area contributed by atoms with E-state index in [0.717, 1.165) is 11.3 Å². The highest BCUT2D eigenvalue weighted by Crippen LogP contribution is 2.16. The number of aliphatic hydroxyl groups is 1. The first-order valence-electron chi connectivity index (χ1n) is 5.53. The van der Waals surface area contributed by atoms with E-state index in [4.69, 9.17) is 11.5 Å². The summed E-state index contributed by atoms with van der Waals surface area (Å²) >= 11 is 0. The molecule has 0 aliphatic rings. The Labute approximate surface area is 102 Å². The molecule has 0 aromatic heterocycles. The molecule has 94 valence electrons. The summed E-state index contributed by atoms with van der Waals surface area (Å²) in [5.74, 6) is -0.00390. The van der Waals surface area contributed by atoms with Gasteiger partial charge >= 0.3 is 0 Å². The van der Waals surface area contributed by atoms with Gasteiger partial charge in [0.25, 0.3) is 0 Å². The molecule has 0 spiro atoms. The second-order valence-electron chi connectivity index (χ2n) is 4.12. The second-order valence-corrected chi connectivity index (χ2v) is 4.12.